The zero-order valence-corrected chi connectivity index (χ0v) is 21.8. The van der Waals surface area contributed by atoms with Crippen molar-refractivity contribution in [2.75, 3.05) is 0 Å². The lowest BCUT2D eigenvalue weighted by molar-refractivity contribution is -0.207. The fraction of sp³-hybridized carbons (Fsp3) is 0.304. The second kappa shape index (κ2) is 11.2. The van der Waals surface area contributed by atoms with E-state index in [1.54, 1.807) is 6.92 Å². The maximum absolute atomic E-state index is 13.2. The Morgan fingerprint density at radius 2 is 1.85 bits per heavy atom. The Labute approximate surface area is 228 Å². The van der Waals surface area contributed by atoms with E-state index in [-0.39, 0.29) is 34.6 Å². The molecule has 0 unspecified atom stereocenters. The number of aliphatic hydroxyl groups is 1. The standard InChI is InChI=1S/C23H20Cl2F3N7O4/c1-12(39-13(2)36)20-30-19(31-35(20)17-9-29-8-7-16(17)25)11-34-22(38)33(10-18(37)23(26,27)28)21(32-34)14-3-5-15(24)6-4-14/h3-9,12,18,37H,10-11H2,1-2H3/t12-,18+/m1/s1. The van der Waals surface area contributed by atoms with E-state index in [1.165, 1.54) is 54.3 Å². The van der Waals surface area contributed by atoms with Crippen LogP contribution in [-0.2, 0) is 22.6 Å². The number of benzene rings is 1. The summed E-state index contributed by atoms with van der Waals surface area (Å²) in [6.45, 7) is 1.30. The van der Waals surface area contributed by atoms with Gasteiger partial charge in [0, 0.05) is 23.7 Å². The number of esters is 1. The number of hydrogen-bond donors (Lipinski definition) is 1. The van der Waals surface area contributed by atoms with Crippen molar-refractivity contribution in [2.45, 2.75) is 45.3 Å². The van der Waals surface area contributed by atoms with Crippen molar-refractivity contribution >= 4 is 29.2 Å². The molecule has 0 bridgehead atoms. The van der Waals surface area contributed by atoms with Gasteiger partial charge in [-0.05, 0) is 37.3 Å². The fourth-order valence-electron chi connectivity index (χ4n) is 3.63. The normalized spacial score (nSPS) is 13.3. The Kier molecular flexibility index (Phi) is 8.09. The first-order valence-electron chi connectivity index (χ1n) is 11.3. The maximum Gasteiger partial charge on any atom is 0.416 e. The first-order valence-corrected chi connectivity index (χ1v) is 12.0. The molecule has 0 fully saturated rings. The van der Waals surface area contributed by atoms with Crippen LogP contribution in [0.25, 0.3) is 17.1 Å². The number of carbonyl (C=O) groups excluding carboxylic acids is 1. The molecule has 0 amide bonds. The van der Waals surface area contributed by atoms with Crippen molar-refractivity contribution in [3.8, 4) is 17.1 Å². The number of halogens is 5. The van der Waals surface area contributed by atoms with Gasteiger partial charge in [-0.3, -0.25) is 14.3 Å². The fourth-order valence-corrected chi connectivity index (χ4v) is 3.95. The van der Waals surface area contributed by atoms with Gasteiger partial charge in [0.25, 0.3) is 0 Å². The van der Waals surface area contributed by atoms with Crippen LogP contribution < -0.4 is 5.69 Å². The Bertz CT molecular complexity index is 1550. The minimum absolute atomic E-state index is 0.00898. The summed E-state index contributed by atoms with van der Waals surface area (Å²) in [5.74, 6) is -0.562. The van der Waals surface area contributed by atoms with Gasteiger partial charge >= 0.3 is 17.8 Å². The van der Waals surface area contributed by atoms with Gasteiger partial charge in [-0.1, -0.05) is 23.2 Å². The molecule has 0 aliphatic heterocycles. The number of aliphatic hydroxyl groups excluding tert-OH is 1. The summed E-state index contributed by atoms with van der Waals surface area (Å²) >= 11 is 12.2. The van der Waals surface area contributed by atoms with Crippen LogP contribution >= 0.6 is 23.2 Å². The molecular formula is C23H20Cl2F3N7O4. The SMILES string of the molecule is CC(=O)O[C@H](C)c1nc(Cn2nc(-c3ccc(Cl)cc3)n(C[C@H](O)C(F)(F)F)c2=O)nn1-c1cnccc1Cl. The van der Waals surface area contributed by atoms with E-state index in [4.69, 9.17) is 27.9 Å². The van der Waals surface area contributed by atoms with Gasteiger partial charge in [0.05, 0.1) is 17.8 Å². The number of nitrogens with zero attached hydrogens (tertiary/aromatic N) is 7. The highest BCUT2D eigenvalue weighted by Crippen LogP contribution is 2.26. The second-order valence-corrected chi connectivity index (χ2v) is 9.16. The van der Waals surface area contributed by atoms with E-state index in [0.717, 1.165) is 4.68 Å². The molecule has 0 spiro atoms. The van der Waals surface area contributed by atoms with Crippen molar-refractivity contribution in [3.05, 3.63) is 74.9 Å². The van der Waals surface area contributed by atoms with Crippen molar-refractivity contribution in [1.82, 2.24) is 34.1 Å². The number of hydrogen-bond acceptors (Lipinski definition) is 8. The molecule has 39 heavy (non-hydrogen) atoms. The van der Waals surface area contributed by atoms with E-state index < -0.39 is 36.6 Å². The van der Waals surface area contributed by atoms with Crippen LogP contribution in [0.2, 0.25) is 10.0 Å². The molecular weight excluding hydrogens is 566 g/mol. The summed E-state index contributed by atoms with van der Waals surface area (Å²) in [6.07, 6.45) is -5.81. The predicted octanol–water partition coefficient (Wildman–Crippen LogP) is 3.59. The molecule has 16 heteroatoms. The summed E-state index contributed by atoms with van der Waals surface area (Å²) in [7, 11) is 0. The van der Waals surface area contributed by atoms with Gasteiger partial charge in [0.1, 0.15) is 12.2 Å². The second-order valence-electron chi connectivity index (χ2n) is 8.32. The van der Waals surface area contributed by atoms with Crippen LogP contribution in [0, 0.1) is 0 Å². The van der Waals surface area contributed by atoms with Crippen molar-refractivity contribution in [2.24, 2.45) is 0 Å². The first-order chi connectivity index (χ1) is 18.3. The third-order valence-corrected chi connectivity index (χ3v) is 5.98. The summed E-state index contributed by atoms with van der Waals surface area (Å²) in [5.41, 5.74) is -0.358. The predicted molar refractivity (Wildman–Crippen MR) is 132 cm³/mol. The van der Waals surface area contributed by atoms with Crippen LogP contribution in [0.4, 0.5) is 13.2 Å². The van der Waals surface area contributed by atoms with Crippen LogP contribution in [0.1, 0.15) is 31.6 Å². The Hall–Kier alpha value is -3.75. The number of carbonyl (C=O) groups is 1. The largest absolute Gasteiger partial charge is 0.455 e. The van der Waals surface area contributed by atoms with E-state index in [0.29, 0.717) is 15.3 Å². The van der Waals surface area contributed by atoms with Crippen LogP contribution in [0.3, 0.4) is 0 Å². The van der Waals surface area contributed by atoms with Crippen LogP contribution in [0.5, 0.6) is 0 Å². The molecule has 0 aliphatic carbocycles. The number of rotatable bonds is 8. The summed E-state index contributed by atoms with van der Waals surface area (Å²) in [5, 5.41) is 18.8. The Balaban J connectivity index is 1.79. The lowest BCUT2D eigenvalue weighted by Crippen LogP contribution is -2.37. The zero-order chi connectivity index (χ0) is 28.5. The van der Waals surface area contributed by atoms with E-state index in [1.807, 2.05) is 0 Å². The molecule has 4 aromatic rings. The van der Waals surface area contributed by atoms with Gasteiger partial charge < -0.3 is 9.84 Å². The monoisotopic (exact) mass is 585 g/mol. The van der Waals surface area contributed by atoms with Gasteiger partial charge in [-0.15, -0.1) is 10.2 Å². The van der Waals surface area contributed by atoms with Crippen molar-refractivity contribution in [3.63, 3.8) is 0 Å². The van der Waals surface area contributed by atoms with Gasteiger partial charge in [-0.2, -0.15) is 13.2 Å². The first kappa shape index (κ1) is 28.3. The molecule has 2 atom stereocenters. The smallest absolute Gasteiger partial charge is 0.416 e. The number of pyridine rings is 1. The van der Waals surface area contributed by atoms with Crippen LogP contribution in [0.15, 0.2) is 47.5 Å². The Morgan fingerprint density at radius 3 is 2.46 bits per heavy atom. The minimum atomic E-state index is -4.97. The molecule has 1 N–H and O–H groups in total. The third kappa shape index (κ3) is 6.29. The summed E-state index contributed by atoms with van der Waals surface area (Å²) in [4.78, 5) is 33.1. The summed E-state index contributed by atoms with van der Waals surface area (Å²) < 4.78 is 47.5. The van der Waals surface area contributed by atoms with E-state index in [2.05, 4.69) is 20.2 Å². The Morgan fingerprint density at radius 1 is 1.15 bits per heavy atom. The molecule has 4 rings (SSSR count). The molecule has 0 radical (unpaired) electrons. The molecule has 3 aromatic heterocycles. The highest BCUT2D eigenvalue weighted by molar-refractivity contribution is 6.32. The average molecular weight is 586 g/mol. The van der Waals surface area contributed by atoms with E-state index >= 15 is 0 Å². The number of ether oxygens (including phenoxy) is 1. The highest BCUT2D eigenvalue weighted by atomic mass is 35.5. The maximum atomic E-state index is 13.2. The zero-order valence-electron chi connectivity index (χ0n) is 20.3. The van der Waals surface area contributed by atoms with Crippen molar-refractivity contribution in [1.29, 1.82) is 0 Å². The minimum Gasteiger partial charge on any atom is -0.455 e. The number of alkyl halides is 3. The molecule has 206 valence electrons. The van der Waals surface area contributed by atoms with Gasteiger partial charge in [-0.25, -0.2) is 19.1 Å². The topological polar surface area (TPSA) is 130 Å². The van der Waals surface area contributed by atoms with Crippen LogP contribution in [-0.4, -0.2) is 57.5 Å². The molecule has 0 saturated carbocycles. The van der Waals surface area contributed by atoms with E-state index in [9.17, 15) is 27.9 Å². The molecule has 0 aliphatic rings. The molecule has 3 heterocycles. The van der Waals surface area contributed by atoms with Crippen molar-refractivity contribution < 1.29 is 27.8 Å². The van der Waals surface area contributed by atoms with Gasteiger partial charge in [0.15, 0.2) is 29.7 Å². The molecule has 0 saturated heterocycles. The number of aromatic nitrogens is 7. The van der Waals surface area contributed by atoms with Gasteiger partial charge in [0.2, 0.25) is 0 Å². The summed E-state index contributed by atoms with van der Waals surface area (Å²) in [6, 6.07) is 7.42. The lowest BCUT2D eigenvalue weighted by Gasteiger charge is -2.15. The third-order valence-electron chi connectivity index (χ3n) is 5.41. The average Bonchev–Trinajstić information content (AvgIpc) is 3.41. The lowest BCUT2D eigenvalue weighted by atomic mass is 10.2. The molecule has 11 nitrogen and oxygen atoms in total. The highest BCUT2D eigenvalue weighted by Gasteiger charge is 2.39. The molecule has 1 aromatic carbocycles. The quantitative estimate of drug-likeness (QED) is 0.310.